The Hall–Kier alpha value is -2.15. The lowest BCUT2D eigenvalue weighted by Gasteiger charge is -2.38. The third-order valence-corrected chi connectivity index (χ3v) is 6.19. The molecule has 1 aliphatic heterocycles. The van der Waals surface area contributed by atoms with Crippen molar-refractivity contribution in [1.82, 2.24) is 15.1 Å². The Morgan fingerprint density at radius 2 is 2.08 bits per heavy atom. The number of aromatic nitrogens is 2. The molecule has 1 fully saturated rings. The van der Waals surface area contributed by atoms with Crippen LogP contribution in [0.4, 0.5) is 0 Å². The Morgan fingerprint density at radius 1 is 1.31 bits per heavy atom. The maximum Gasteiger partial charge on any atom is 0.254 e. The van der Waals surface area contributed by atoms with E-state index in [2.05, 4.69) is 10.2 Å². The fourth-order valence-electron chi connectivity index (χ4n) is 3.36. The van der Waals surface area contributed by atoms with Gasteiger partial charge < -0.3 is 10.0 Å². The van der Waals surface area contributed by atoms with Crippen LogP contribution < -0.4 is 0 Å². The molecule has 1 saturated heterocycles. The van der Waals surface area contributed by atoms with Crippen LogP contribution in [0.3, 0.4) is 0 Å². The first-order valence-corrected chi connectivity index (χ1v) is 9.67. The molecular formula is C19H18ClN3O2S. The van der Waals surface area contributed by atoms with Gasteiger partial charge in [-0.25, -0.2) is 0 Å². The Balaban J connectivity index is 1.46. The topological polar surface area (TPSA) is 69.2 Å². The summed E-state index contributed by atoms with van der Waals surface area (Å²) in [7, 11) is 0. The Morgan fingerprint density at radius 3 is 2.77 bits per heavy atom. The number of hydrogen-bond acceptors (Lipinski definition) is 4. The summed E-state index contributed by atoms with van der Waals surface area (Å²) in [5.41, 5.74) is 1.41. The van der Waals surface area contributed by atoms with Gasteiger partial charge in [0.05, 0.1) is 17.4 Å². The SMILES string of the molecule is O=C(c1csc(-c2cn[nH]c2)c1)N1CCC(O)(c2ccccc2Cl)CC1. The van der Waals surface area contributed by atoms with Crippen molar-refractivity contribution in [2.24, 2.45) is 0 Å². The predicted octanol–water partition coefficient (Wildman–Crippen LogP) is 3.92. The van der Waals surface area contributed by atoms with E-state index in [-0.39, 0.29) is 5.91 Å². The van der Waals surface area contributed by atoms with Gasteiger partial charge in [-0.1, -0.05) is 29.8 Å². The lowest BCUT2D eigenvalue weighted by atomic mass is 9.84. The quantitative estimate of drug-likeness (QED) is 0.715. The van der Waals surface area contributed by atoms with Crippen molar-refractivity contribution >= 4 is 28.8 Å². The Bertz CT molecular complexity index is 915. The van der Waals surface area contributed by atoms with E-state index in [1.807, 2.05) is 35.8 Å². The number of piperidine rings is 1. The van der Waals surface area contributed by atoms with Gasteiger partial charge in [-0.2, -0.15) is 5.10 Å². The summed E-state index contributed by atoms with van der Waals surface area (Å²) >= 11 is 7.77. The van der Waals surface area contributed by atoms with E-state index >= 15 is 0 Å². The van der Waals surface area contributed by atoms with Crippen LogP contribution in [0.5, 0.6) is 0 Å². The molecule has 1 aromatic carbocycles. The van der Waals surface area contributed by atoms with Gasteiger partial charge in [0.2, 0.25) is 0 Å². The lowest BCUT2D eigenvalue weighted by Crippen LogP contribution is -2.45. The predicted molar refractivity (Wildman–Crippen MR) is 102 cm³/mol. The van der Waals surface area contributed by atoms with Gasteiger partial charge in [0.25, 0.3) is 5.91 Å². The zero-order chi connectivity index (χ0) is 18.1. The maximum atomic E-state index is 12.8. The van der Waals surface area contributed by atoms with E-state index in [0.29, 0.717) is 36.5 Å². The second kappa shape index (κ2) is 6.87. The van der Waals surface area contributed by atoms with Crippen molar-refractivity contribution in [1.29, 1.82) is 0 Å². The van der Waals surface area contributed by atoms with E-state index in [1.54, 1.807) is 17.2 Å². The largest absolute Gasteiger partial charge is 0.385 e. The summed E-state index contributed by atoms with van der Waals surface area (Å²) < 4.78 is 0. The molecular weight excluding hydrogens is 370 g/mol. The molecule has 4 rings (SSSR count). The molecule has 0 atom stereocenters. The first-order valence-electron chi connectivity index (χ1n) is 8.41. The number of amides is 1. The molecule has 134 valence electrons. The zero-order valence-corrected chi connectivity index (χ0v) is 15.6. The highest BCUT2D eigenvalue weighted by Crippen LogP contribution is 2.37. The molecule has 0 spiro atoms. The van der Waals surface area contributed by atoms with Crippen LogP contribution in [0.2, 0.25) is 5.02 Å². The van der Waals surface area contributed by atoms with Gasteiger partial charge in [-0.05, 0) is 25.0 Å². The molecule has 0 saturated carbocycles. The van der Waals surface area contributed by atoms with Crippen molar-refractivity contribution < 1.29 is 9.90 Å². The number of H-pyrrole nitrogens is 1. The standard InChI is InChI=1S/C19H18ClN3O2S/c20-16-4-2-1-3-15(16)19(25)5-7-23(8-6-19)18(24)13-9-17(26-12-13)14-10-21-22-11-14/h1-4,9-12,25H,5-8H2,(H,21,22). The van der Waals surface area contributed by atoms with Crippen molar-refractivity contribution in [3.63, 3.8) is 0 Å². The number of benzene rings is 1. The van der Waals surface area contributed by atoms with Crippen LogP contribution in [0, 0.1) is 0 Å². The van der Waals surface area contributed by atoms with E-state index < -0.39 is 5.60 Å². The number of rotatable bonds is 3. The molecule has 2 aromatic heterocycles. The second-order valence-corrected chi connectivity index (χ2v) is 7.81. The van der Waals surface area contributed by atoms with Crippen molar-refractivity contribution in [2.75, 3.05) is 13.1 Å². The fraction of sp³-hybridized carbons (Fsp3) is 0.263. The number of carbonyl (C=O) groups is 1. The minimum Gasteiger partial charge on any atom is -0.385 e. The summed E-state index contributed by atoms with van der Waals surface area (Å²) in [6.07, 6.45) is 4.50. The molecule has 3 heterocycles. The number of thiophene rings is 1. The highest BCUT2D eigenvalue weighted by molar-refractivity contribution is 7.13. The van der Waals surface area contributed by atoms with Gasteiger partial charge >= 0.3 is 0 Å². The van der Waals surface area contributed by atoms with E-state index in [1.165, 1.54) is 11.3 Å². The Labute approximate surface area is 160 Å². The summed E-state index contributed by atoms with van der Waals surface area (Å²) in [4.78, 5) is 15.6. The number of aliphatic hydroxyl groups is 1. The number of nitrogens with one attached hydrogen (secondary N) is 1. The highest BCUT2D eigenvalue weighted by Gasteiger charge is 2.37. The van der Waals surface area contributed by atoms with E-state index in [4.69, 9.17) is 11.6 Å². The minimum atomic E-state index is -0.980. The smallest absolute Gasteiger partial charge is 0.254 e. The molecule has 0 bridgehead atoms. The average molecular weight is 388 g/mol. The minimum absolute atomic E-state index is 0.00259. The third kappa shape index (κ3) is 3.16. The summed E-state index contributed by atoms with van der Waals surface area (Å²) in [5, 5.41) is 20.2. The van der Waals surface area contributed by atoms with Crippen LogP contribution in [0.15, 0.2) is 48.1 Å². The Kier molecular flexibility index (Phi) is 4.56. The number of nitrogens with zero attached hydrogens (tertiary/aromatic N) is 2. The van der Waals surface area contributed by atoms with Gasteiger partial charge in [0, 0.05) is 45.7 Å². The van der Waals surface area contributed by atoms with Gasteiger partial charge in [-0.15, -0.1) is 11.3 Å². The van der Waals surface area contributed by atoms with Gasteiger partial charge in [-0.3, -0.25) is 9.89 Å². The van der Waals surface area contributed by atoms with Crippen LogP contribution in [0.1, 0.15) is 28.8 Å². The highest BCUT2D eigenvalue weighted by atomic mass is 35.5. The molecule has 26 heavy (non-hydrogen) atoms. The molecule has 1 aliphatic rings. The van der Waals surface area contributed by atoms with Crippen LogP contribution in [0.25, 0.3) is 10.4 Å². The third-order valence-electron chi connectivity index (χ3n) is 4.88. The van der Waals surface area contributed by atoms with Gasteiger partial charge in [0.15, 0.2) is 0 Å². The van der Waals surface area contributed by atoms with E-state index in [0.717, 1.165) is 16.0 Å². The summed E-state index contributed by atoms with van der Waals surface area (Å²) in [6, 6.07) is 9.26. The summed E-state index contributed by atoms with van der Waals surface area (Å²) in [5.74, 6) is -0.00259. The number of hydrogen-bond donors (Lipinski definition) is 2. The maximum absolute atomic E-state index is 12.8. The molecule has 0 radical (unpaired) electrons. The molecule has 0 aliphatic carbocycles. The number of halogens is 1. The normalized spacial score (nSPS) is 16.6. The fourth-order valence-corrected chi connectivity index (χ4v) is 4.53. The number of carbonyl (C=O) groups excluding carboxylic acids is 1. The number of likely N-dealkylation sites (tertiary alicyclic amines) is 1. The molecule has 0 unspecified atom stereocenters. The van der Waals surface area contributed by atoms with Crippen LogP contribution in [-0.4, -0.2) is 39.2 Å². The molecule has 3 aromatic rings. The molecule has 2 N–H and O–H groups in total. The molecule has 5 nitrogen and oxygen atoms in total. The monoisotopic (exact) mass is 387 g/mol. The average Bonchev–Trinajstić information content (AvgIpc) is 3.33. The van der Waals surface area contributed by atoms with Crippen molar-refractivity contribution in [3.8, 4) is 10.4 Å². The molecule has 7 heteroatoms. The first kappa shape index (κ1) is 17.3. The van der Waals surface area contributed by atoms with Crippen LogP contribution in [-0.2, 0) is 5.60 Å². The summed E-state index contributed by atoms with van der Waals surface area (Å²) in [6.45, 7) is 0.995. The van der Waals surface area contributed by atoms with Crippen molar-refractivity contribution in [2.45, 2.75) is 18.4 Å². The second-order valence-electron chi connectivity index (χ2n) is 6.49. The zero-order valence-electron chi connectivity index (χ0n) is 14.0. The van der Waals surface area contributed by atoms with E-state index in [9.17, 15) is 9.90 Å². The number of aromatic amines is 1. The van der Waals surface area contributed by atoms with Gasteiger partial charge in [0.1, 0.15) is 0 Å². The molecule has 1 amide bonds. The van der Waals surface area contributed by atoms with Crippen molar-refractivity contribution in [3.05, 3.63) is 64.3 Å². The lowest BCUT2D eigenvalue weighted by molar-refractivity contribution is -0.0210. The van der Waals surface area contributed by atoms with Crippen LogP contribution >= 0.6 is 22.9 Å². The first-order chi connectivity index (χ1) is 12.6.